The monoisotopic (exact) mass is 242 g/mol. The summed E-state index contributed by atoms with van der Waals surface area (Å²) in [6, 6.07) is 0. The molecule has 0 spiro atoms. The van der Waals surface area contributed by atoms with Crippen molar-refractivity contribution in [1.82, 2.24) is 5.32 Å². The van der Waals surface area contributed by atoms with E-state index in [1.165, 1.54) is 0 Å². The Morgan fingerprint density at radius 2 is 1.89 bits per heavy atom. The van der Waals surface area contributed by atoms with Crippen molar-refractivity contribution >= 4 is 22.6 Å². The van der Waals surface area contributed by atoms with Crippen LogP contribution in [0.1, 0.15) is 13.8 Å². The highest BCUT2D eigenvalue weighted by molar-refractivity contribution is 14.1. The normalized spacial score (nSPS) is 21.0. The van der Waals surface area contributed by atoms with Crippen molar-refractivity contribution in [1.29, 1.82) is 0 Å². The first-order valence-electron chi connectivity index (χ1n) is 3.16. The molecule has 0 bridgehead atoms. The van der Waals surface area contributed by atoms with Crippen LogP contribution in [0.3, 0.4) is 0 Å². The second-order valence-electron chi connectivity index (χ2n) is 2.35. The second kappa shape index (κ2) is 4.46. The van der Waals surface area contributed by atoms with E-state index < -0.39 is 0 Å². The van der Waals surface area contributed by atoms with Crippen molar-refractivity contribution in [3.05, 3.63) is 0 Å². The van der Waals surface area contributed by atoms with Gasteiger partial charge in [0.05, 0.1) is 6.17 Å². The van der Waals surface area contributed by atoms with Crippen molar-refractivity contribution in [3.63, 3.8) is 0 Å². The molecule has 0 amide bonds. The van der Waals surface area contributed by atoms with Gasteiger partial charge < -0.3 is 11.1 Å². The molecule has 0 fully saturated rings. The molecule has 0 rings (SSSR count). The fourth-order valence-electron chi connectivity index (χ4n) is 0.549. The second-order valence-corrected chi connectivity index (χ2v) is 4.32. The van der Waals surface area contributed by atoms with Gasteiger partial charge in [0.15, 0.2) is 0 Å². The van der Waals surface area contributed by atoms with Gasteiger partial charge in [-0.25, -0.2) is 0 Å². The summed E-state index contributed by atoms with van der Waals surface area (Å²) in [4.78, 5) is 0. The summed E-state index contributed by atoms with van der Waals surface area (Å²) in [6.45, 7) is 4.32. The molecule has 0 aliphatic rings. The molecule has 2 nitrogen and oxygen atoms in total. The predicted molar refractivity (Wildman–Crippen MR) is 49.7 cm³/mol. The summed E-state index contributed by atoms with van der Waals surface area (Å²) in [5.41, 5.74) is 5.70. The SMILES string of the molecule is CN[C@H](N)[C@@H](C)C(C)I. The molecule has 0 aromatic heterocycles. The Balaban J connectivity index is 3.58. The Bertz CT molecular complexity index is 75.5. The number of hydrogen-bond acceptors (Lipinski definition) is 2. The molecule has 0 aliphatic carbocycles. The average Bonchev–Trinajstić information content (AvgIpc) is 1.84. The molecule has 0 saturated heterocycles. The third kappa shape index (κ3) is 3.37. The molecule has 0 saturated carbocycles. The smallest absolute Gasteiger partial charge is 0.0580 e. The zero-order chi connectivity index (χ0) is 7.44. The first kappa shape index (κ1) is 9.65. The topological polar surface area (TPSA) is 38.0 Å². The summed E-state index contributed by atoms with van der Waals surface area (Å²) in [5.74, 6) is 0.538. The minimum absolute atomic E-state index is 0.136. The molecular weight excluding hydrogens is 227 g/mol. The van der Waals surface area contributed by atoms with Crippen molar-refractivity contribution < 1.29 is 0 Å². The van der Waals surface area contributed by atoms with E-state index in [-0.39, 0.29) is 6.17 Å². The Kier molecular flexibility index (Phi) is 4.79. The number of halogens is 1. The Hall–Kier alpha value is 0.650. The summed E-state index contributed by atoms with van der Waals surface area (Å²) in [5, 5.41) is 3.02. The minimum Gasteiger partial charge on any atom is -0.316 e. The van der Waals surface area contributed by atoms with Crippen LogP contribution in [0.15, 0.2) is 0 Å². The van der Waals surface area contributed by atoms with Crippen LogP contribution in [0.25, 0.3) is 0 Å². The van der Waals surface area contributed by atoms with Crippen LogP contribution in [0.5, 0.6) is 0 Å². The molecule has 0 aliphatic heterocycles. The van der Waals surface area contributed by atoms with Crippen LogP contribution < -0.4 is 11.1 Å². The fraction of sp³-hybridized carbons (Fsp3) is 1.00. The molecule has 1 unspecified atom stereocenters. The quantitative estimate of drug-likeness (QED) is 0.439. The van der Waals surface area contributed by atoms with Gasteiger partial charge >= 0.3 is 0 Å². The number of hydrogen-bond donors (Lipinski definition) is 2. The maximum absolute atomic E-state index is 5.70. The highest BCUT2D eigenvalue weighted by Crippen LogP contribution is 2.13. The lowest BCUT2D eigenvalue weighted by Gasteiger charge is -2.21. The van der Waals surface area contributed by atoms with Crippen LogP contribution in [-0.4, -0.2) is 17.1 Å². The van der Waals surface area contributed by atoms with E-state index in [4.69, 9.17) is 5.73 Å². The molecule has 3 N–H and O–H groups in total. The third-order valence-corrected chi connectivity index (χ3v) is 2.76. The fourth-order valence-corrected chi connectivity index (χ4v) is 0.996. The van der Waals surface area contributed by atoms with Crippen molar-refractivity contribution in [2.75, 3.05) is 7.05 Å². The lowest BCUT2D eigenvalue weighted by atomic mass is 10.1. The average molecular weight is 242 g/mol. The van der Waals surface area contributed by atoms with Gasteiger partial charge in [0.2, 0.25) is 0 Å². The Morgan fingerprint density at radius 3 is 2.00 bits per heavy atom. The highest BCUT2D eigenvalue weighted by Gasteiger charge is 2.14. The van der Waals surface area contributed by atoms with Crippen molar-refractivity contribution in [3.8, 4) is 0 Å². The maximum atomic E-state index is 5.70. The number of rotatable bonds is 3. The van der Waals surface area contributed by atoms with Gasteiger partial charge in [-0.2, -0.15) is 0 Å². The summed E-state index contributed by atoms with van der Waals surface area (Å²) >= 11 is 2.39. The lowest BCUT2D eigenvalue weighted by Crippen LogP contribution is -2.43. The molecular formula is C6H15IN2. The first-order valence-corrected chi connectivity index (χ1v) is 4.41. The zero-order valence-corrected chi connectivity index (χ0v) is 8.34. The van der Waals surface area contributed by atoms with Gasteiger partial charge in [0.1, 0.15) is 0 Å². The predicted octanol–water partition coefficient (Wildman–Crippen LogP) is 0.950. The first-order chi connectivity index (χ1) is 4.09. The van der Waals surface area contributed by atoms with E-state index >= 15 is 0 Å². The molecule has 0 aromatic carbocycles. The van der Waals surface area contributed by atoms with E-state index in [0.717, 1.165) is 0 Å². The minimum atomic E-state index is 0.136. The van der Waals surface area contributed by atoms with Gasteiger partial charge in [-0.05, 0) is 13.0 Å². The Labute approximate surface area is 70.7 Å². The largest absolute Gasteiger partial charge is 0.316 e. The van der Waals surface area contributed by atoms with E-state index in [1.54, 1.807) is 0 Å². The molecule has 9 heavy (non-hydrogen) atoms. The van der Waals surface area contributed by atoms with Crippen molar-refractivity contribution in [2.45, 2.75) is 23.9 Å². The summed E-state index contributed by atoms with van der Waals surface area (Å²) in [6.07, 6.45) is 0.136. The number of nitrogens with one attached hydrogen (secondary N) is 1. The zero-order valence-electron chi connectivity index (χ0n) is 6.19. The maximum Gasteiger partial charge on any atom is 0.0580 e. The van der Waals surface area contributed by atoms with E-state index in [0.29, 0.717) is 9.84 Å². The standard InChI is InChI=1S/C6H15IN2/c1-4(5(2)7)6(8)9-3/h4-6,9H,8H2,1-3H3/t4-,5?,6-/m0/s1. The lowest BCUT2D eigenvalue weighted by molar-refractivity contribution is 0.415. The Morgan fingerprint density at radius 1 is 1.44 bits per heavy atom. The van der Waals surface area contributed by atoms with Crippen LogP contribution in [0.4, 0.5) is 0 Å². The number of nitrogens with two attached hydrogens (primary N) is 1. The molecule has 56 valence electrons. The summed E-state index contributed by atoms with van der Waals surface area (Å²) < 4.78 is 0.630. The van der Waals surface area contributed by atoms with Crippen molar-refractivity contribution in [2.24, 2.45) is 11.7 Å². The molecule has 0 heterocycles. The van der Waals surface area contributed by atoms with Gasteiger partial charge in [-0.3, -0.25) is 0 Å². The summed E-state index contributed by atoms with van der Waals surface area (Å²) in [7, 11) is 1.89. The van der Waals surface area contributed by atoms with E-state index in [9.17, 15) is 0 Å². The molecule has 0 aromatic rings. The van der Waals surface area contributed by atoms with Gasteiger partial charge in [-0.1, -0.05) is 36.4 Å². The molecule has 0 radical (unpaired) electrons. The van der Waals surface area contributed by atoms with Crippen LogP contribution in [-0.2, 0) is 0 Å². The van der Waals surface area contributed by atoms with Gasteiger partial charge in [-0.15, -0.1) is 0 Å². The van der Waals surface area contributed by atoms with Crippen LogP contribution in [0, 0.1) is 5.92 Å². The molecule has 3 atom stereocenters. The number of alkyl halides is 1. The van der Waals surface area contributed by atoms with E-state index in [1.807, 2.05) is 7.05 Å². The third-order valence-electron chi connectivity index (χ3n) is 1.62. The van der Waals surface area contributed by atoms with Gasteiger partial charge in [0.25, 0.3) is 0 Å². The van der Waals surface area contributed by atoms with Crippen LogP contribution >= 0.6 is 22.6 Å². The van der Waals surface area contributed by atoms with E-state index in [2.05, 4.69) is 41.8 Å². The van der Waals surface area contributed by atoms with Gasteiger partial charge in [0, 0.05) is 3.92 Å². The highest BCUT2D eigenvalue weighted by atomic mass is 127. The molecule has 3 heteroatoms. The van der Waals surface area contributed by atoms with Crippen LogP contribution in [0.2, 0.25) is 0 Å².